The van der Waals surface area contributed by atoms with Crippen LogP contribution in [-0.4, -0.2) is 24.0 Å². The van der Waals surface area contributed by atoms with Crippen molar-refractivity contribution in [2.75, 3.05) is 7.05 Å². The second kappa shape index (κ2) is 3.57. The van der Waals surface area contributed by atoms with Crippen LogP contribution in [0.3, 0.4) is 0 Å². The Hall–Kier alpha value is -0.0400. The third-order valence-corrected chi connectivity index (χ3v) is 2.83. The van der Waals surface area contributed by atoms with Crippen molar-refractivity contribution >= 4 is 0 Å². The summed E-state index contributed by atoms with van der Waals surface area (Å²) >= 11 is 0. The molecule has 1 atom stereocenters. The summed E-state index contributed by atoms with van der Waals surface area (Å²) in [6.45, 7) is 6.95. The Morgan fingerprint density at radius 2 is 1.91 bits per heavy atom. The molecule has 0 aromatic heterocycles. The van der Waals surface area contributed by atoms with Gasteiger partial charge in [0.1, 0.15) is 0 Å². The molecule has 0 heterocycles. The molecule has 1 heteroatoms. The molecule has 1 aliphatic carbocycles. The minimum absolute atomic E-state index is 0.808. The molecule has 0 N–H and O–H groups in total. The number of nitrogens with zero attached hydrogens (tertiary/aromatic N) is 1. The van der Waals surface area contributed by atoms with Gasteiger partial charge in [0.15, 0.2) is 0 Å². The van der Waals surface area contributed by atoms with E-state index in [4.69, 9.17) is 0 Å². The Balaban J connectivity index is 2.38. The third-order valence-electron chi connectivity index (χ3n) is 2.83. The van der Waals surface area contributed by atoms with Crippen molar-refractivity contribution in [3.05, 3.63) is 0 Å². The molecule has 1 fully saturated rings. The Morgan fingerprint density at radius 3 is 2.18 bits per heavy atom. The van der Waals surface area contributed by atoms with Gasteiger partial charge in [0.2, 0.25) is 0 Å². The highest BCUT2D eigenvalue weighted by Crippen LogP contribution is 2.29. The third kappa shape index (κ3) is 2.19. The lowest BCUT2D eigenvalue weighted by atomic mass is 10.0. The standard InChI is InChI=1S/C10H21N/c1-5-10(8(2)3)11(4)9-6-7-9/h8-10H,5-7H2,1-4H3. The van der Waals surface area contributed by atoms with E-state index in [9.17, 15) is 0 Å². The first-order chi connectivity index (χ1) is 5.16. The van der Waals surface area contributed by atoms with Gasteiger partial charge in [0.25, 0.3) is 0 Å². The number of hydrogen-bond donors (Lipinski definition) is 0. The molecule has 1 rings (SSSR count). The van der Waals surface area contributed by atoms with E-state index in [1.165, 1.54) is 19.3 Å². The largest absolute Gasteiger partial charge is 0.300 e. The maximum Gasteiger partial charge on any atom is 0.0115 e. The molecule has 1 unspecified atom stereocenters. The molecule has 11 heavy (non-hydrogen) atoms. The summed E-state index contributed by atoms with van der Waals surface area (Å²) in [7, 11) is 2.28. The molecular weight excluding hydrogens is 134 g/mol. The fourth-order valence-corrected chi connectivity index (χ4v) is 1.98. The van der Waals surface area contributed by atoms with Crippen LogP contribution in [0, 0.1) is 5.92 Å². The maximum atomic E-state index is 2.57. The summed E-state index contributed by atoms with van der Waals surface area (Å²) in [6.07, 6.45) is 4.16. The smallest absolute Gasteiger partial charge is 0.0115 e. The van der Waals surface area contributed by atoms with E-state index in [1.54, 1.807) is 0 Å². The number of hydrogen-bond acceptors (Lipinski definition) is 1. The summed E-state index contributed by atoms with van der Waals surface area (Å²) in [5.74, 6) is 0.811. The zero-order valence-electron chi connectivity index (χ0n) is 8.30. The Kier molecular flexibility index (Phi) is 2.94. The van der Waals surface area contributed by atoms with Crippen LogP contribution < -0.4 is 0 Å². The highest BCUT2D eigenvalue weighted by molar-refractivity contribution is 4.87. The van der Waals surface area contributed by atoms with Gasteiger partial charge >= 0.3 is 0 Å². The van der Waals surface area contributed by atoms with Gasteiger partial charge < -0.3 is 4.90 Å². The van der Waals surface area contributed by atoms with Gasteiger partial charge in [-0.05, 0) is 32.2 Å². The van der Waals surface area contributed by atoms with Crippen LogP contribution in [0.15, 0.2) is 0 Å². The second-order valence-corrected chi connectivity index (χ2v) is 4.12. The molecule has 1 aliphatic rings. The lowest BCUT2D eigenvalue weighted by molar-refractivity contribution is 0.178. The van der Waals surface area contributed by atoms with Gasteiger partial charge in [-0.3, -0.25) is 0 Å². The highest BCUT2D eigenvalue weighted by atomic mass is 15.2. The van der Waals surface area contributed by atoms with Crippen molar-refractivity contribution in [3.8, 4) is 0 Å². The summed E-state index contributed by atoms with van der Waals surface area (Å²) < 4.78 is 0. The lowest BCUT2D eigenvalue weighted by Crippen LogP contribution is -2.36. The predicted octanol–water partition coefficient (Wildman–Crippen LogP) is 2.52. The Bertz CT molecular complexity index is 116. The zero-order valence-corrected chi connectivity index (χ0v) is 8.30. The van der Waals surface area contributed by atoms with Crippen LogP contribution in [-0.2, 0) is 0 Å². The Morgan fingerprint density at radius 1 is 1.36 bits per heavy atom. The molecular formula is C10H21N. The van der Waals surface area contributed by atoms with E-state index in [-0.39, 0.29) is 0 Å². The summed E-state index contributed by atoms with van der Waals surface area (Å²) in [6, 6.07) is 1.73. The monoisotopic (exact) mass is 155 g/mol. The van der Waals surface area contributed by atoms with E-state index in [0.717, 1.165) is 18.0 Å². The van der Waals surface area contributed by atoms with E-state index < -0.39 is 0 Å². The van der Waals surface area contributed by atoms with E-state index in [1.807, 2.05) is 0 Å². The SMILES string of the molecule is CCC(C(C)C)N(C)C1CC1. The molecule has 0 radical (unpaired) electrons. The van der Waals surface area contributed by atoms with E-state index in [2.05, 4.69) is 32.7 Å². The van der Waals surface area contributed by atoms with Gasteiger partial charge in [-0.1, -0.05) is 20.8 Å². The summed E-state index contributed by atoms with van der Waals surface area (Å²) in [5.41, 5.74) is 0. The van der Waals surface area contributed by atoms with Gasteiger partial charge in [0.05, 0.1) is 0 Å². The van der Waals surface area contributed by atoms with Gasteiger partial charge in [0, 0.05) is 12.1 Å². The van der Waals surface area contributed by atoms with Crippen molar-refractivity contribution in [1.29, 1.82) is 0 Å². The van der Waals surface area contributed by atoms with Crippen LogP contribution in [0.5, 0.6) is 0 Å². The molecule has 0 amide bonds. The quantitative estimate of drug-likeness (QED) is 0.603. The van der Waals surface area contributed by atoms with Crippen LogP contribution >= 0.6 is 0 Å². The first-order valence-corrected chi connectivity index (χ1v) is 4.88. The average Bonchev–Trinajstić information content (AvgIpc) is 2.68. The molecule has 0 aliphatic heterocycles. The van der Waals surface area contributed by atoms with Crippen LogP contribution in [0.4, 0.5) is 0 Å². The summed E-state index contributed by atoms with van der Waals surface area (Å²) in [5, 5.41) is 0. The maximum absolute atomic E-state index is 2.57. The lowest BCUT2D eigenvalue weighted by Gasteiger charge is -2.30. The first kappa shape index (κ1) is 9.05. The second-order valence-electron chi connectivity index (χ2n) is 4.12. The van der Waals surface area contributed by atoms with Crippen molar-refractivity contribution in [1.82, 2.24) is 4.90 Å². The molecule has 1 saturated carbocycles. The van der Waals surface area contributed by atoms with Crippen molar-refractivity contribution in [2.45, 2.75) is 52.1 Å². The highest BCUT2D eigenvalue weighted by Gasteiger charge is 2.31. The van der Waals surface area contributed by atoms with Crippen LogP contribution in [0.1, 0.15) is 40.0 Å². The molecule has 0 aromatic rings. The van der Waals surface area contributed by atoms with Crippen molar-refractivity contribution < 1.29 is 0 Å². The van der Waals surface area contributed by atoms with Crippen molar-refractivity contribution in [3.63, 3.8) is 0 Å². The van der Waals surface area contributed by atoms with E-state index in [0.29, 0.717) is 0 Å². The van der Waals surface area contributed by atoms with Crippen LogP contribution in [0.25, 0.3) is 0 Å². The normalized spacial score (nSPS) is 21.3. The molecule has 66 valence electrons. The zero-order chi connectivity index (χ0) is 8.43. The van der Waals surface area contributed by atoms with Gasteiger partial charge in [-0.2, -0.15) is 0 Å². The molecule has 0 aromatic carbocycles. The molecule has 1 nitrogen and oxygen atoms in total. The summed E-state index contributed by atoms with van der Waals surface area (Å²) in [4.78, 5) is 2.57. The Labute approximate surface area is 70.8 Å². The minimum Gasteiger partial charge on any atom is -0.300 e. The van der Waals surface area contributed by atoms with Gasteiger partial charge in [-0.15, -0.1) is 0 Å². The average molecular weight is 155 g/mol. The minimum atomic E-state index is 0.808. The van der Waals surface area contributed by atoms with E-state index >= 15 is 0 Å². The topological polar surface area (TPSA) is 3.24 Å². The van der Waals surface area contributed by atoms with Gasteiger partial charge in [-0.25, -0.2) is 0 Å². The fourth-order valence-electron chi connectivity index (χ4n) is 1.98. The number of rotatable bonds is 4. The predicted molar refractivity (Wildman–Crippen MR) is 49.7 cm³/mol. The fraction of sp³-hybridized carbons (Fsp3) is 1.00. The van der Waals surface area contributed by atoms with Crippen molar-refractivity contribution in [2.24, 2.45) is 5.92 Å². The van der Waals surface area contributed by atoms with Crippen LogP contribution in [0.2, 0.25) is 0 Å². The molecule has 0 spiro atoms. The molecule has 0 bridgehead atoms. The molecule has 0 saturated heterocycles. The first-order valence-electron chi connectivity index (χ1n) is 4.88.